The van der Waals surface area contributed by atoms with Gasteiger partial charge in [0.2, 0.25) is 0 Å². The summed E-state index contributed by atoms with van der Waals surface area (Å²) in [7, 11) is 0. The lowest BCUT2D eigenvalue weighted by Gasteiger charge is -2.07. The number of hydrogen-bond acceptors (Lipinski definition) is 4. The van der Waals surface area contributed by atoms with Crippen molar-refractivity contribution in [2.24, 2.45) is 0 Å². The van der Waals surface area contributed by atoms with Crippen LogP contribution in [0, 0.1) is 11.3 Å². The molecule has 0 unspecified atom stereocenters. The van der Waals surface area contributed by atoms with Crippen LogP contribution in [0.4, 0.5) is 0 Å². The van der Waals surface area contributed by atoms with Gasteiger partial charge in [-0.15, -0.1) is 12.6 Å². The molecule has 0 radical (unpaired) electrons. The Labute approximate surface area is 102 Å². The lowest BCUT2D eigenvalue weighted by molar-refractivity contribution is 0.0522. The highest BCUT2D eigenvalue weighted by Gasteiger charge is 2.18. The number of hydrogen-bond donors (Lipinski definition) is 1. The number of carbonyl (C=O) groups is 1. The molecule has 0 aromatic heterocycles. The third-order valence-corrected chi connectivity index (χ3v) is 2.76. The average molecular weight is 286 g/mol. The Kier molecular flexibility index (Phi) is 4.18. The van der Waals surface area contributed by atoms with E-state index in [-0.39, 0.29) is 17.7 Å². The number of halogens is 1. The van der Waals surface area contributed by atoms with Gasteiger partial charge in [0.1, 0.15) is 6.07 Å². The molecule has 0 spiro atoms. The standard InChI is InChI=1S/C10H8BrNO2S/c1-2-14-10(13)9-6(5-12)7(11)3-4-8(9)15/h3-4,15H,2H2,1H3. The Morgan fingerprint density at radius 3 is 2.87 bits per heavy atom. The van der Waals surface area contributed by atoms with Gasteiger partial charge in [-0.05, 0) is 35.0 Å². The van der Waals surface area contributed by atoms with Crippen LogP contribution in [0.25, 0.3) is 0 Å². The molecule has 3 nitrogen and oxygen atoms in total. The van der Waals surface area contributed by atoms with Gasteiger partial charge in [0, 0.05) is 9.37 Å². The molecule has 0 N–H and O–H groups in total. The van der Waals surface area contributed by atoms with Gasteiger partial charge in [-0.3, -0.25) is 0 Å². The molecule has 0 saturated heterocycles. The smallest absolute Gasteiger partial charge is 0.340 e. The predicted molar refractivity (Wildman–Crippen MR) is 62.1 cm³/mol. The Balaban J connectivity index is 3.33. The summed E-state index contributed by atoms with van der Waals surface area (Å²) in [4.78, 5) is 12.0. The highest BCUT2D eigenvalue weighted by atomic mass is 79.9. The quantitative estimate of drug-likeness (QED) is 0.672. The molecule has 0 aliphatic carbocycles. The van der Waals surface area contributed by atoms with E-state index >= 15 is 0 Å². The Morgan fingerprint density at radius 1 is 1.67 bits per heavy atom. The van der Waals surface area contributed by atoms with Gasteiger partial charge >= 0.3 is 5.97 Å². The first-order valence-electron chi connectivity index (χ1n) is 4.20. The van der Waals surface area contributed by atoms with Gasteiger partial charge in [-0.1, -0.05) is 0 Å². The Bertz CT molecular complexity index is 440. The van der Waals surface area contributed by atoms with Crippen molar-refractivity contribution in [1.82, 2.24) is 0 Å². The van der Waals surface area contributed by atoms with Crippen LogP contribution >= 0.6 is 28.6 Å². The first kappa shape index (κ1) is 12.1. The molecule has 15 heavy (non-hydrogen) atoms. The second kappa shape index (κ2) is 5.19. The maximum Gasteiger partial charge on any atom is 0.340 e. The molecule has 78 valence electrons. The number of rotatable bonds is 2. The van der Waals surface area contributed by atoms with E-state index in [0.717, 1.165) is 0 Å². The molecule has 0 fully saturated rings. The molecule has 0 amide bonds. The van der Waals surface area contributed by atoms with Crippen LogP contribution in [0.15, 0.2) is 21.5 Å². The number of thiol groups is 1. The molecule has 0 saturated carbocycles. The largest absolute Gasteiger partial charge is 0.462 e. The zero-order chi connectivity index (χ0) is 11.4. The lowest BCUT2D eigenvalue weighted by atomic mass is 10.1. The fourth-order valence-corrected chi connectivity index (χ4v) is 1.78. The zero-order valence-electron chi connectivity index (χ0n) is 7.95. The molecule has 1 rings (SSSR count). The van der Waals surface area contributed by atoms with E-state index in [1.54, 1.807) is 19.1 Å². The van der Waals surface area contributed by atoms with E-state index in [9.17, 15) is 4.79 Å². The normalized spacial score (nSPS) is 9.47. The Morgan fingerprint density at radius 2 is 2.33 bits per heavy atom. The number of esters is 1. The maximum absolute atomic E-state index is 11.6. The van der Waals surface area contributed by atoms with Crippen molar-refractivity contribution in [1.29, 1.82) is 5.26 Å². The average Bonchev–Trinajstić information content (AvgIpc) is 2.21. The topological polar surface area (TPSA) is 50.1 Å². The van der Waals surface area contributed by atoms with Crippen LogP contribution in [0.3, 0.4) is 0 Å². The van der Waals surface area contributed by atoms with Gasteiger partial charge in [-0.25, -0.2) is 4.79 Å². The summed E-state index contributed by atoms with van der Waals surface area (Å²) in [5.74, 6) is -0.527. The molecular formula is C10H8BrNO2S. The minimum Gasteiger partial charge on any atom is -0.462 e. The number of ether oxygens (including phenoxy) is 1. The summed E-state index contributed by atoms with van der Waals surface area (Å²) in [6.07, 6.45) is 0. The van der Waals surface area contributed by atoms with E-state index in [1.807, 2.05) is 6.07 Å². The van der Waals surface area contributed by atoms with E-state index in [2.05, 4.69) is 28.6 Å². The monoisotopic (exact) mass is 285 g/mol. The van der Waals surface area contributed by atoms with Gasteiger partial charge in [0.15, 0.2) is 0 Å². The third kappa shape index (κ3) is 2.52. The van der Waals surface area contributed by atoms with Crippen molar-refractivity contribution in [3.05, 3.63) is 27.7 Å². The molecule has 0 heterocycles. The third-order valence-electron chi connectivity index (χ3n) is 1.72. The van der Waals surface area contributed by atoms with Crippen LogP contribution in [0.5, 0.6) is 0 Å². The van der Waals surface area contributed by atoms with Gasteiger partial charge < -0.3 is 4.74 Å². The minimum absolute atomic E-state index is 0.206. The molecule has 0 atom stereocenters. The summed E-state index contributed by atoms with van der Waals surface area (Å²) in [5.41, 5.74) is 0.456. The SMILES string of the molecule is CCOC(=O)c1c(S)ccc(Br)c1C#N. The number of benzene rings is 1. The maximum atomic E-state index is 11.6. The van der Waals surface area contributed by atoms with E-state index in [4.69, 9.17) is 10.00 Å². The molecule has 1 aromatic carbocycles. The molecule has 5 heteroatoms. The van der Waals surface area contributed by atoms with Crippen LogP contribution in [-0.2, 0) is 4.74 Å². The highest BCUT2D eigenvalue weighted by molar-refractivity contribution is 9.10. The number of carbonyl (C=O) groups excluding carboxylic acids is 1. The first-order chi connectivity index (χ1) is 7.11. The van der Waals surface area contributed by atoms with Crippen LogP contribution < -0.4 is 0 Å². The predicted octanol–water partition coefficient (Wildman–Crippen LogP) is 2.79. The van der Waals surface area contributed by atoms with Crippen molar-refractivity contribution < 1.29 is 9.53 Å². The summed E-state index contributed by atoms with van der Waals surface area (Å²) >= 11 is 7.32. The van der Waals surface area contributed by atoms with Gasteiger partial charge in [-0.2, -0.15) is 5.26 Å². The van der Waals surface area contributed by atoms with Crippen LogP contribution in [0.1, 0.15) is 22.8 Å². The highest BCUT2D eigenvalue weighted by Crippen LogP contribution is 2.26. The fraction of sp³-hybridized carbons (Fsp3) is 0.200. The van der Waals surface area contributed by atoms with Crippen LogP contribution in [-0.4, -0.2) is 12.6 Å². The van der Waals surface area contributed by atoms with Crippen LogP contribution in [0.2, 0.25) is 0 Å². The van der Waals surface area contributed by atoms with Gasteiger partial charge in [0.25, 0.3) is 0 Å². The minimum atomic E-state index is -0.527. The molecule has 0 aliphatic rings. The van der Waals surface area contributed by atoms with Crippen molar-refractivity contribution in [2.45, 2.75) is 11.8 Å². The number of nitrogens with zero attached hydrogens (tertiary/aromatic N) is 1. The van der Waals surface area contributed by atoms with Crippen molar-refractivity contribution in [3.8, 4) is 6.07 Å². The van der Waals surface area contributed by atoms with E-state index in [0.29, 0.717) is 9.37 Å². The second-order valence-corrected chi connectivity index (χ2v) is 3.98. The summed E-state index contributed by atoms with van der Waals surface area (Å²) < 4.78 is 5.41. The van der Waals surface area contributed by atoms with Crippen molar-refractivity contribution in [2.75, 3.05) is 6.61 Å². The first-order valence-corrected chi connectivity index (χ1v) is 5.44. The van der Waals surface area contributed by atoms with E-state index < -0.39 is 5.97 Å². The molecule has 0 bridgehead atoms. The zero-order valence-corrected chi connectivity index (χ0v) is 10.4. The second-order valence-electron chi connectivity index (χ2n) is 2.65. The molecular weight excluding hydrogens is 278 g/mol. The Hall–Kier alpha value is -0.990. The van der Waals surface area contributed by atoms with Crippen molar-refractivity contribution in [3.63, 3.8) is 0 Å². The fourth-order valence-electron chi connectivity index (χ4n) is 1.09. The summed E-state index contributed by atoms with van der Waals surface area (Å²) in [6.45, 7) is 1.98. The number of nitriles is 1. The molecule has 0 aliphatic heterocycles. The summed E-state index contributed by atoms with van der Waals surface area (Å²) in [6, 6.07) is 5.26. The summed E-state index contributed by atoms with van der Waals surface area (Å²) in [5, 5.41) is 8.92. The van der Waals surface area contributed by atoms with Crippen molar-refractivity contribution >= 4 is 34.5 Å². The molecule has 1 aromatic rings. The van der Waals surface area contributed by atoms with E-state index in [1.165, 1.54) is 0 Å². The lowest BCUT2D eigenvalue weighted by Crippen LogP contribution is -2.08. The van der Waals surface area contributed by atoms with Gasteiger partial charge in [0.05, 0.1) is 17.7 Å².